The second-order valence-corrected chi connectivity index (χ2v) is 6.60. The first-order valence-corrected chi connectivity index (χ1v) is 8.28. The molecular formula is C17H20N4S. The summed E-state index contributed by atoms with van der Waals surface area (Å²) in [5.41, 5.74) is 3.39. The van der Waals surface area contributed by atoms with Crippen molar-refractivity contribution in [1.29, 1.82) is 0 Å². The number of benzene rings is 1. The molecule has 1 aromatic carbocycles. The number of hydrogen-bond acceptors (Lipinski definition) is 4. The molecule has 0 fully saturated rings. The minimum absolute atomic E-state index is 0.304. The van der Waals surface area contributed by atoms with Gasteiger partial charge in [-0.2, -0.15) is 0 Å². The van der Waals surface area contributed by atoms with Gasteiger partial charge >= 0.3 is 0 Å². The third-order valence-electron chi connectivity index (χ3n) is 3.60. The second kappa shape index (κ2) is 6.32. The van der Waals surface area contributed by atoms with Gasteiger partial charge in [-0.3, -0.25) is 0 Å². The Morgan fingerprint density at radius 2 is 1.95 bits per heavy atom. The largest absolute Gasteiger partial charge is 0.332 e. The smallest absolute Gasteiger partial charge is 0.187 e. The predicted octanol–water partition coefficient (Wildman–Crippen LogP) is 4.64. The predicted molar refractivity (Wildman–Crippen MR) is 91.8 cm³/mol. The van der Waals surface area contributed by atoms with Gasteiger partial charge in [-0.25, -0.2) is 9.97 Å². The molecule has 1 atom stereocenters. The van der Waals surface area contributed by atoms with Crippen molar-refractivity contribution < 1.29 is 0 Å². The van der Waals surface area contributed by atoms with Crippen LogP contribution >= 0.6 is 11.3 Å². The van der Waals surface area contributed by atoms with Crippen molar-refractivity contribution in [2.75, 3.05) is 5.32 Å². The van der Waals surface area contributed by atoms with Gasteiger partial charge in [0.25, 0.3) is 0 Å². The summed E-state index contributed by atoms with van der Waals surface area (Å²) in [6, 6.07) is 8.87. The van der Waals surface area contributed by atoms with E-state index in [-0.39, 0.29) is 0 Å². The number of aryl methyl sites for hydroxylation is 1. The monoisotopic (exact) mass is 312 g/mol. The molecule has 3 rings (SSSR count). The van der Waals surface area contributed by atoms with E-state index in [1.807, 2.05) is 31.0 Å². The van der Waals surface area contributed by atoms with Gasteiger partial charge in [0, 0.05) is 23.5 Å². The van der Waals surface area contributed by atoms with Gasteiger partial charge in [0.1, 0.15) is 0 Å². The molecule has 4 nitrogen and oxygen atoms in total. The fourth-order valence-electron chi connectivity index (χ4n) is 2.63. The zero-order chi connectivity index (χ0) is 15.5. The maximum atomic E-state index is 4.43. The normalized spacial score (nSPS) is 12.5. The van der Waals surface area contributed by atoms with E-state index in [4.69, 9.17) is 0 Å². The Morgan fingerprint density at radius 3 is 2.50 bits per heavy atom. The van der Waals surface area contributed by atoms with Gasteiger partial charge in [0.2, 0.25) is 0 Å². The summed E-state index contributed by atoms with van der Waals surface area (Å²) in [6.45, 7) is 6.47. The molecule has 0 amide bonds. The van der Waals surface area contributed by atoms with Crippen molar-refractivity contribution in [3.8, 4) is 0 Å². The lowest BCUT2D eigenvalue weighted by Gasteiger charge is -2.23. The first-order chi connectivity index (χ1) is 10.6. The van der Waals surface area contributed by atoms with Crippen LogP contribution in [0.3, 0.4) is 0 Å². The Kier molecular flexibility index (Phi) is 4.24. The quantitative estimate of drug-likeness (QED) is 0.746. The van der Waals surface area contributed by atoms with Crippen molar-refractivity contribution >= 4 is 22.2 Å². The molecule has 0 aliphatic carbocycles. The highest BCUT2D eigenvalue weighted by Gasteiger charge is 2.17. The van der Waals surface area contributed by atoms with E-state index in [0.717, 1.165) is 16.5 Å². The van der Waals surface area contributed by atoms with Crippen LogP contribution in [-0.4, -0.2) is 14.5 Å². The molecule has 0 saturated heterocycles. The van der Waals surface area contributed by atoms with E-state index in [1.165, 1.54) is 5.56 Å². The number of rotatable bonds is 5. The molecule has 5 heteroatoms. The van der Waals surface area contributed by atoms with Gasteiger partial charge in [-0.05, 0) is 30.5 Å². The molecule has 0 bridgehead atoms. The van der Waals surface area contributed by atoms with Crippen LogP contribution in [0.15, 0.2) is 48.4 Å². The maximum Gasteiger partial charge on any atom is 0.187 e. The summed E-state index contributed by atoms with van der Waals surface area (Å²) in [7, 11) is 0. The van der Waals surface area contributed by atoms with E-state index >= 15 is 0 Å². The van der Waals surface area contributed by atoms with E-state index in [0.29, 0.717) is 12.0 Å². The van der Waals surface area contributed by atoms with Crippen molar-refractivity contribution in [3.63, 3.8) is 0 Å². The number of anilines is 2. The highest BCUT2D eigenvalue weighted by molar-refractivity contribution is 7.13. The summed E-state index contributed by atoms with van der Waals surface area (Å²) < 4.78 is 2.16. The lowest BCUT2D eigenvalue weighted by Crippen LogP contribution is -2.15. The summed E-state index contributed by atoms with van der Waals surface area (Å²) in [5.74, 6) is 0.495. The topological polar surface area (TPSA) is 42.7 Å². The molecule has 1 unspecified atom stereocenters. The number of aromatic nitrogens is 3. The van der Waals surface area contributed by atoms with Crippen molar-refractivity contribution in [1.82, 2.24) is 14.5 Å². The Hall–Kier alpha value is -2.14. The summed E-state index contributed by atoms with van der Waals surface area (Å²) >= 11 is 1.62. The van der Waals surface area contributed by atoms with Crippen LogP contribution in [0.4, 0.5) is 10.8 Å². The molecule has 1 N–H and O–H groups in total. The van der Waals surface area contributed by atoms with Gasteiger partial charge in [0.05, 0.1) is 18.1 Å². The maximum absolute atomic E-state index is 4.43. The minimum atomic E-state index is 0.304. The highest BCUT2D eigenvalue weighted by atomic mass is 32.1. The third kappa shape index (κ3) is 3.20. The molecule has 0 aliphatic heterocycles. The molecule has 114 valence electrons. The lowest BCUT2D eigenvalue weighted by atomic mass is 9.95. The minimum Gasteiger partial charge on any atom is -0.332 e. The Morgan fingerprint density at radius 1 is 1.18 bits per heavy atom. The molecule has 22 heavy (non-hydrogen) atoms. The molecule has 0 spiro atoms. The average Bonchev–Trinajstić information content (AvgIpc) is 3.13. The molecule has 2 aromatic heterocycles. The molecule has 0 aliphatic rings. The second-order valence-electron chi connectivity index (χ2n) is 5.74. The third-order valence-corrected chi connectivity index (χ3v) is 4.48. The Balaban J connectivity index is 1.80. The van der Waals surface area contributed by atoms with E-state index in [2.05, 4.69) is 58.0 Å². The van der Waals surface area contributed by atoms with E-state index in [9.17, 15) is 0 Å². The number of imidazole rings is 1. The first kappa shape index (κ1) is 14.8. The van der Waals surface area contributed by atoms with Crippen molar-refractivity contribution in [3.05, 3.63) is 59.6 Å². The van der Waals surface area contributed by atoms with Gasteiger partial charge in [-0.1, -0.05) is 26.0 Å². The first-order valence-electron chi connectivity index (χ1n) is 7.40. The number of hydrogen-bond donors (Lipinski definition) is 1. The molecule has 0 saturated carbocycles. The Bertz CT molecular complexity index is 713. The van der Waals surface area contributed by atoms with Crippen LogP contribution in [0.5, 0.6) is 0 Å². The average molecular weight is 312 g/mol. The van der Waals surface area contributed by atoms with Crippen LogP contribution in [0.1, 0.15) is 31.1 Å². The van der Waals surface area contributed by atoms with Crippen LogP contribution in [-0.2, 0) is 0 Å². The van der Waals surface area contributed by atoms with E-state index in [1.54, 1.807) is 11.3 Å². The Labute approximate surface area is 134 Å². The van der Waals surface area contributed by atoms with Crippen LogP contribution < -0.4 is 5.32 Å². The lowest BCUT2D eigenvalue weighted by molar-refractivity contribution is 0.436. The summed E-state index contributed by atoms with van der Waals surface area (Å²) in [6.07, 6.45) is 5.74. The van der Waals surface area contributed by atoms with E-state index < -0.39 is 0 Å². The van der Waals surface area contributed by atoms with Crippen LogP contribution in [0.2, 0.25) is 0 Å². The van der Waals surface area contributed by atoms with Crippen molar-refractivity contribution in [2.24, 2.45) is 5.92 Å². The number of nitrogens with zero attached hydrogens (tertiary/aromatic N) is 3. The highest BCUT2D eigenvalue weighted by Crippen LogP contribution is 2.28. The van der Waals surface area contributed by atoms with Crippen molar-refractivity contribution in [2.45, 2.75) is 26.8 Å². The van der Waals surface area contributed by atoms with Gasteiger partial charge < -0.3 is 9.88 Å². The van der Waals surface area contributed by atoms with Crippen LogP contribution in [0, 0.1) is 12.8 Å². The standard InChI is InChI=1S/C17H20N4S/c1-12(2)16(21-9-8-18-11-21)14-4-6-15(7-5-14)20-17-19-13(3)10-22-17/h4-12,16H,1-3H3,(H,19,20). The van der Waals surface area contributed by atoms with Gasteiger partial charge in [0.15, 0.2) is 5.13 Å². The van der Waals surface area contributed by atoms with Gasteiger partial charge in [-0.15, -0.1) is 11.3 Å². The zero-order valence-corrected chi connectivity index (χ0v) is 13.8. The number of nitrogens with one attached hydrogen (secondary N) is 1. The van der Waals surface area contributed by atoms with Crippen LogP contribution in [0.25, 0.3) is 0 Å². The summed E-state index contributed by atoms with van der Waals surface area (Å²) in [4.78, 5) is 8.60. The summed E-state index contributed by atoms with van der Waals surface area (Å²) in [5, 5.41) is 6.32. The molecule has 3 aromatic rings. The zero-order valence-electron chi connectivity index (χ0n) is 13.0. The molecular weight excluding hydrogens is 292 g/mol. The molecule has 2 heterocycles. The number of thiazole rings is 1. The fourth-order valence-corrected chi connectivity index (χ4v) is 3.34. The SMILES string of the molecule is Cc1csc(Nc2ccc(C(C(C)C)n3ccnc3)cc2)n1. The molecule has 0 radical (unpaired) electrons. The fraction of sp³-hybridized carbons (Fsp3) is 0.294.